The van der Waals surface area contributed by atoms with E-state index in [2.05, 4.69) is 41.2 Å². The standard InChI is InChI=1S/C32H32N6O3/c1-35-18-22-14-21(6-8-25(22)32(20-35)10-11-32)15-28-33-17-24-30(34-28)38-23-7-9-27-26(16-23)36(29(39)19-41-27)12-4-2-3-5-13-37(38)31(24)40/h3,5-9,14,16-17H,2,4,10-13,15,18-20H2,1H3/b5-3-. The van der Waals surface area contributed by atoms with E-state index in [9.17, 15) is 9.59 Å². The molecule has 0 atom stereocenters. The van der Waals surface area contributed by atoms with Crippen LogP contribution >= 0.6 is 0 Å². The van der Waals surface area contributed by atoms with Gasteiger partial charge in [-0.1, -0.05) is 30.4 Å². The van der Waals surface area contributed by atoms with Gasteiger partial charge in [0.25, 0.3) is 11.5 Å². The molecule has 41 heavy (non-hydrogen) atoms. The Kier molecular flexibility index (Phi) is 5.47. The van der Waals surface area contributed by atoms with E-state index in [1.54, 1.807) is 15.8 Å². The fraction of sp³-hybridized carbons (Fsp3) is 0.375. The highest BCUT2D eigenvalue weighted by Crippen LogP contribution is 2.52. The molecule has 1 amide bonds. The lowest BCUT2D eigenvalue weighted by Crippen LogP contribution is -2.39. The first-order valence-electron chi connectivity index (χ1n) is 14.5. The van der Waals surface area contributed by atoms with Crippen molar-refractivity contribution < 1.29 is 9.53 Å². The lowest BCUT2D eigenvalue weighted by atomic mass is 9.86. The van der Waals surface area contributed by atoms with Crippen LogP contribution in [0.3, 0.4) is 0 Å². The highest BCUT2D eigenvalue weighted by Gasteiger charge is 2.48. The zero-order chi connectivity index (χ0) is 27.7. The third kappa shape index (κ3) is 4.01. The van der Waals surface area contributed by atoms with Gasteiger partial charge in [0.2, 0.25) is 0 Å². The Bertz CT molecular complexity index is 1810. The Morgan fingerprint density at radius 3 is 2.85 bits per heavy atom. The molecule has 2 aromatic heterocycles. The first kappa shape index (κ1) is 24.5. The van der Waals surface area contributed by atoms with Crippen molar-refractivity contribution in [2.24, 2.45) is 0 Å². The van der Waals surface area contributed by atoms with E-state index in [1.807, 2.05) is 29.0 Å². The fourth-order valence-corrected chi connectivity index (χ4v) is 6.92. The van der Waals surface area contributed by atoms with Crippen molar-refractivity contribution >= 4 is 22.6 Å². The van der Waals surface area contributed by atoms with Crippen LogP contribution in [-0.2, 0) is 29.7 Å². The molecular weight excluding hydrogens is 516 g/mol. The number of hydrogen-bond acceptors (Lipinski definition) is 6. The van der Waals surface area contributed by atoms with Gasteiger partial charge >= 0.3 is 0 Å². The van der Waals surface area contributed by atoms with E-state index in [1.165, 1.54) is 29.5 Å². The number of carbonyl (C=O) groups excluding carboxylic acids is 1. The molecule has 1 spiro atoms. The average Bonchev–Trinajstić information content (AvgIpc) is 3.66. The van der Waals surface area contributed by atoms with Gasteiger partial charge in [0, 0.05) is 37.7 Å². The van der Waals surface area contributed by atoms with Crippen molar-refractivity contribution in [2.45, 2.75) is 50.6 Å². The molecule has 2 aromatic carbocycles. The second kappa shape index (κ2) is 9.14. The van der Waals surface area contributed by atoms with Crippen LogP contribution in [0.15, 0.2) is 59.5 Å². The van der Waals surface area contributed by atoms with Crippen molar-refractivity contribution in [3.8, 4) is 11.4 Å². The number of carbonyl (C=O) groups is 1. The van der Waals surface area contributed by atoms with E-state index >= 15 is 0 Å². The Balaban J connectivity index is 1.23. The van der Waals surface area contributed by atoms with E-state index in [0.29, 0.717) is 47.5 Å². The van der Waals surface area contributed by atoms with Crippen molar-refractivity contribution in [1.29, 1.82) is 0 Å². The lowest BCUT2D eigenvalue weighted by molar-refractivity contribution is -0.121. The number of fused-ring (bicyclic) bond motifs is 7. The molecule has 9 nitrogen and oxygen atoms in total. The number of allylic oxidation sites excluding steroid dienone is 2. The minimum Gasteiger partial charge on any atom is -0.482 e. The number of nitrogens with zero attached hydrogens (tertiary/aromatic N) is 6. The monoisotopic (exact) mass is 548 g/mol. The van der Waals surface area contributed by atoms with Gasteiger partial charge in [-0.3, -0.25) is 9.59 Å². The van der Waals surface area contributed by atoms with Gasteiger partial charge < -0.3 is 14.5 Å². The summed E-state index contributed by atoms with van der Waals surface area (Å²) >= 11 is 0. The molecule has 8 rings (SSSR count). The molecule has 1 saturated carbocycles. The molecule has 9 heteroatoms. The van der Waals surface area contributed by atoms with Crippen molar-refractivity contribution in [3.63, 3.8) is 0 Å². The van der Waals surface area contributed by atoms with E-state index in [0.717, 1.165) is 37.3 Å². The first-order chi connectivity index (χ1) is 20.0. The van der Waals surface area contributed by atoms with Crippen molar-refractivity contribution in [3.05, 3.63) is 87.6 Å². The highest BCUT2D eigenvalue weighted by atomic mass is 16.5. The summed E-state index contributed by atoms with van der Waals surface area (Å²) in [4.78, 5) is 40.2. The van der Waals surface area contributed by atoms with Crippen LogP contribution in [0.4, 0.5) is 5.69 Å². The molecule has 0 radical (unpaired) electrons. The largest absolute Gasteiger partial charge is 0.482 e. The van der Waals surface area contributed by atoms with Crippen LogP contribution in [0.2, 0.25) is 0 Å². The number of amides is 1. The molecule has 208 valence electrons. The second-order valence-electron chi connectivity index (χ2n) is 11.9. The van der Waals surface area contributed by atoms with Gasteiger partial charge in [0.05, 0.1) is 17.9 Å². The number of rotatable bonds is 2. The highest BCUT2D eigenvalue weighted by molar-refractivity contribution is 5.98. The quantitative estimate of drug-likeness (QED) is 0.355. The molecule has 1 aliphatic carbocycles. The molecule has 2 bridgehead atoms. The summed E-state index contributed by atoms with van der Waals surface area (Å²) in [5, 5.41) is 0.474. The van der Waals surface area contributed by atoms with Crippen LogP contribution in [0.5, 0.6) is 5.75 Å². The number of ether oxygens (including phenoxy) is 1. The third-order valence-corrected chi connectivity index (χ3v) is 9.02. The zero-order valence-corrected chi connectivity index (χ0v) is 23.2. The summed E-state index contributed by atoms with van der Waals surface area (Å²) in [6, 6.07) is 12.6. The molecule has 3 aliphatic heterocycles. The maximum Gasteiger partial charge on any atom is 0.278 e. The third-order valence-electron chi connectivity index (χ3n) is 9.02. The van der Waals surface area contributed by atoms with Crippen LogP contribution in [0.25, 0.3) is 16.7 Å². The summed E-state index contributed by atoms with van der Waals surface area (Å²) in [7, 11) is 2.20. The zero-order valence-electron chi connectivity index (χ0n) is 23.2. The minimum atomic E-state index is -0.137. The Hall–Kier alpha value is -4.24. The number of likely N-dealkylation sites (N-methyl/N-ethyl adjacent to an activating group) is 1. The average molecular weight is 549 g/mol. The fourth-order valence-electron chi connectivity index (χ4n) is 6.92. The van der Waals surface area contributed by atoms with Gasteiger partial charge in [-0.05, 0) is 67.6 Å². The van der Waals surface area contributed by atoms with Gasteiger partial charge in [-0.2, -0.15) is 0 Å². The van der Waals surface area contributed by atoms with E-state index < -0.39 is 0 Å². The molecule has 1 fully saturated rings. The predicted octanol–water partition coefficient (Wildman–Crippen LogP) is 3.73. The maximum absolute atomic E-state index is 13.6. The summed E-state index contributed by atoms with van der Waals surface area (Å²) in [6.45, 7) is 3.18. The van der Waals surface area contributed by atoms with Gasteiger partial charge in [0.15, 0.2) is 12.3 Å². The Labute approximate surface area is 237 Å². The van der Waals surface area contributed by atoms with Crippen LogP contribution in [-0.4, -0.2) is 56.9 Å². The first-order valence-corrected chi connectivity index (χ1v) is 14.5. The number of aromatic nitrogens is 4. The minimum absolute atomic E-state index is 0.0376. The molecule has 0 saturated heterocycles. The summed E-state index contributed by atoms with van der Waals surface area (Å²) in [5.74, 6) is 1.29. The molecule has 4 aromatic rings. The van der Waals surface area contributed by atoms with Crippen LogP contribution in [0, 0.1) is 0 Å². The molecular formula is C32H32N6O3. The topological polar surface area (TPSA) is 85.5 Å². The van der Waals surface area contributed by atoms with Crippen LogP contribution < -0.4 is 15.2 Å². The SMILES string of the molecule is CN1Cc2cc(Cc3ncc4c(=O)n5n(c4n3)-c3ccc4c(c3)N(CCC/C=C\C5)C(=O)CO4)ccc2C2(CC2)C1. The van der Waals surface area contributed by atoms with Crippen LogP contribution in [0.1, 0.15) is 48.2 Å². The van der Waals surface area contributed by atoms with Crippen molar-refractivity contribution in [2.75, 3.05) is 31.6 Å². The Morgan fingerprint density at radius 2 is 1.98 bits per heavy atom. The van der Waals surface area contributed by atoms with E-state index in [4.69, 9.17) is 9.72 Å². The van der Waals surface area contributed by atoms with Gasteiger partial charge in [-0.15, -0.1) is 0 Å². The number of hydrogen-bond donors (Lipinski definition) is 0. The lowest BCUT2D eigenvalue weighted by Gasteiger charge is -2.32. The van der Waals surface area contributed by atoms with Crippen molar-refractivity contribution in [1.82, 2.24) is 24.2 Å². The Morgan fingerprint density at radius 1 is 1.07 bits per heavy atom. The summed E-state index contributed by atoms with van der Waals surface area (Å²) in [6.07, 6.45) is 10.5. The maximum atomic E-state index is 13.6. The molecule has 0 unspecified atom stereocenters. The summed E-state index contributed by atoms with van der Waals surface area (Å²) in [5.41, 5.74) is 6.34. The number of benzene rings is 2. The predicted molar refractivity (Wildman–Crippen MR) is 156 cm³/mol. The second-order valence-corrected chi connectivity index (χ2v) is 11.9. The molecule has 5 heterocycles. The van der Waals surface area contributed by atoms with Gasteiger partial charge in [0.1, 0.15) is 17.0 Å². The van der Waals surface area contributed by atoms with Gasteiger partial charge in [-0.25, -0.2) is 19.3 Å². The number of anilines is 1. The summed E-state index contributed by atoms with van der Waals surface area (Å²) < 4.78 is 9.30. The van der Waals surface area contributed by atoms with E-state index in [-0.39, 0.29) is 18.1 Å². The normalized spacial score (nSPS) is 20.1. The molecule has 4 aliphatic rings. The molecule has 0 N–H and O–H groups in total. The smallest absolute Gasteiger partial charge is 0.278 e.